The molecule has 0 unspecified atom stereocenters. The first-order valence-corrected chi connectivity index (χ1v) is 13.4. The third kappa shape index (κ3) is 4.52. The molecule has 2 heterocycles. The third-order valence-electron chi connectivity index (χ3n) is 9.10. The molecule has 1 saturated heterocycles. The zero-order valence-electron chi connectivity index (χ0n) is 22.3. The van der Waals surface area contributed by atoms with Crippen molar-refractivity contribution >= 4 is 28.6 Å². The molecule has 3 aliphatic rings. The number of Topliss-reactive ketones (excluding diaryl/α,β-unsaturated/α-hetero) is 1. The molecule has 1 aromatic heterocycles. The summed E-state index contributed by atoms with van der Waals surface area (Å²) >= 11 is 0. The molecule has 0 radical (unpaired) electrons. The molecule has 7 heteroatoms. The monoisotopic (exact) mass is 517 g/mol. The van der Waals surface area contributed by atoms with E-state index in [1.165, 1.54) is 6.92 Å². The first-order chi connectivity index (χ1) is 18.1. The van der Waals surface area contributed by atoms with Crippen molar-refractivity contribution in [2.24, 2.45) is 22.7 Å². The second-order valence-electron chi connectivity index (χ2n) is 11.4. The van der Waals surface area contributed by atoms with E-state index in [1.54, 1.807) is 6.20 Å². The fourth-order valence-electron chi connectivity index (χ4n) is 7.01. The first kappa shape index (κ1) is 26.1. The molecular weight excluding hydrogens is 482 g/mol. The zero-order chi connectivity index (χ0) is 27.1. The number of ketones is 1. The van der Waals surface area contributed by atoms with E-state index < -0.39 is 11.5 Å². The predicted molar refractivity (Wildman–Crippen MR) is 142 cm³/mol. The molecule has 5 atom stereocenters. The van der Waals surface area contributed by atoms with Gasteiger partial charge in [0.05, 0.1) is 11.0 Å². The van der Waals surface area contributed by atoms with Gasteiger partial charge in [-0.25, -0.2) is 4.79 Å². The van der Waals surface area contributed by atoms with Gasteiger partial charge in [0.1, 0.15) is 30.3 Å². The standard InChI is InChI=1S/C31H35NO6/c1-19-10-13-26-30(3,15-14-27(34)31(26,4)18-37-20(2)33)23(19)12-11-22-25(17-36-29(22)35)38-24-9-5-7-21-8-6-16-32-28(21)24/h5-9,11,16,23,25-26H,1,10,12-15,17-18H2,2-4H3/b22-11+/t23-,25+,26+,30+,31+/m1/s1. The number of para-hydroxylation sites is 1. The van der Waals surface area contributed by atoms with Crippen LogP contribution >= 0.6 is 0 Å². The van der Waals surface area contributed by atoms with Gasteiger partial charge in [-0.1, -0.05) is 43.4 Å². The molecule has 2 aliphatic carbocycles. The Balaban J connectivity index is 1.40. The number of allylic oxidation sites excluding steroid dienone is 2. The van der Waals surface area contributed by atoms with Crippen LogP contribution in [0.15, 0.2) is 60.3 Å². The number of benzene rings is 1. The number of nitrogens with zero attached hydrogens (tertiary/aromatic N) is 1. The lowest BCUT2D eigenvalue weighted by molar-refractivity contribution is -0.162. The Morgan fingerprint density at radius 2 is 2.00 bits per heavy atom. The van der Waals surface area contributed by atoms with Crippen molar-refractivity contribution < 1.29 is 28.6 Å². The number of aromatic nitrogens is 1. The van der Waals surface area contributed by atoms with E-state index in [0.717, 1.165) is 35.7 Å². The highest BCUT2D eigenvalue weighted by molar-refractivity contribution is 5.92. The van der Waals surface area contributed by atoms with Crippen molar-refractivity contribution in [1.29, 1.82) is 0 Å². The van der Waals surface area contributed by atoms with Crippen LogP contribution in [0.25, 0.3) is 10.9 Å². The van der Waals surface area contributed by atoms with Crippen LogP contribution in [0.3, 0.4) is 0 Å². The third-order valence-corrected chi connectivity index (χ3v) is 9.10. The SMILES string of the molecule is C=C1CC[C@H]2[C@@](C)(CCC(=O)[C@@]2(C)COC(C)=O)[C@@H]1C/C=C1/C(=O)OC[C@@H]1Oc1cccc2cccnc12. The van der Waals surface area contributed by atoms with Gasteiger partial charge in [-0.3, -0.25) is 14.6 Å². The van der Waals surface area contributed by atoms with Gasteiger partial charge in [-0.05, 0) is 62.0 Å². The number of esters is 2. The van der Waals surface area contributed by atoms with E-state index >= 15 is 0 Å². The molecule has 0 N–H and O–H groups in total. The summed E-state index contributed by atoms with van der Waals surface area (Å²) in [5.41, 5.74) is 1.43. The van der Waals surface area contributed by atoms with Gasteiger partial charge in [0.15, 0.2) is 6.10 Å². The largest absolute Gasteiger partial charge is 0.480 e. The number of carbonyl (C=O) groups excluding carboxylic acids is 3. The summed E-state index contributed by atoms with van der Waals surface area (Å²) in [5.74, 6) is 0.145. The minimum Gasteiger partial charge on any atom is -0.480 e. The number of carbonyl (C=O) groups is 3. The van der Waals surface area contributed by atoms with Crippen LogP contribution in [-0.4, -0.2) is 42.0 Å². The minimum atomic E-state index is -0.732. The maximum absolute atomic E-state index is 13.1. The summed E-state index contributed by atoms with van der Waals surface area (Å²) in [6.07, 6.45) is 6.54. The Morgan fingerprint density at radius 1 is 1.21 bits per heavy atom. The Kier molecular flexibility index (Phi) is 6.88. The Labute approximate surface area is 223 Å². The highest BCUT2D eigenvalue weighted by Crippen LogP contribution is 2.61. The van der Waals surface area contributed by atoms with Crippen LogP contribution in [-0.2, 0) is 23.9 Å². The van der Waals surface area contributed by atoms with Gasteiger partial charge in [0, 0.05) is 24.9 Å². The molecule has 0 spiro atoms. The lowest BCUT2D eigenvalue weighted by Crippen LogP contribution is -2.56. The molecule has 38 heavy (non-hydrogen) atoms. The molecule has 0 amide bonds. The summed E-state index contributed by atoms with van der Waals surface area (Å²) in [4.78, 5) is 41.9. The molecule has 7 nitrogen and oxygen atoms in total. The van der Waals surface area contributed by atoms with E-state index in [-0.39, 0.29) is 48.2 Å². The van der Waals surface area contributed by atoms with Crippen molar-refractivity contribution in [3.05, 3.63) is 60.3 Å². The zero-order valence-corrected chi connectivity index (χ0v) is 22.3. The number of rotatable bonds is 6. The van der Waals surface area contributed by atoms with Crippen molar-refractivity contribution in [1.82, 2.24) is 4.98 Å². The van der Waals surface area contributed by atoms with E-state index in [1.807, 2.05) is 43.3 Å². The molecule has 3 fully saturated rings. The lowest BCUT2D eigenvalue weighted by Gasteiger charge is -2.57. The topological polar surface area (TPSA) is 91.8 Å². The highest BCUT2D eigenvalue weighted by Gasteiger charge is 2.58. The van der Waals surface area contributed by atoms with Crippen molar-refractivity contribution in [2.75, 3.05) is 13.2 Å². The van der Waals surface area contributed by atoms with Gasteiger partial charge >= 0.3 is 11.9 Å². The summed E-state index contributed by atoms with van der Waals surface area (Å²) in [5, 5.41) is 0.960. The number of pyridine rings is 1. The molecule has 5 rings (SSSR count). The predicted octanol–water partition coefficient (Wildman–Crippen LogP) is 5.38. The molecule has 1 aromatic carbocycles. The highest BCUT2D eigenvalue weighted by atomic mass is 16.6. The first-order valence-electron chi connectivity index (χ1n) is 13.4. The van der Waals surface area contributed by atoms with Gasteiger partial charge in [-0.15, -0.1) is 0 Å². The van der Waals surface area contributed by atoms with Gasteiger partial charge < -0.3 is 14.2 Å². The van der Waals surface area contributed by atoms with Gasteiger partial charge in [0.25, 0.3) is 0 Å². The normalized spacial score (nSPS) is 32.2. The molecular formula is C31H35NO6. The van der Waals surface area contributed by atoms with Crippen LogP contribution < -0.4 is 4.74 Å². The van der Waals surface area contributed by atoms with E-state index in [0.29, 0.717) is 24.2 Å². The van der Waals surface area contributed by atoms with E-state index in [9.17, 15) is 14.4 Å². The summed E-state index contributed by atoms with van der Waals surface area (Å²) in [6.45, 7) is 10.2. The average Bonchev–Trinajstić information content (AvgIpc) is 3.24. The lowest BCUT2D eigenvalue weighted by atomic mass is 9.46. The molecule has 200 valence electrons. The molecule has 1 aliphatic heterocycles. The number of hydrogen-bond acceptors (Lipinski definition) is 7. The van der Waals surface area contributed by atoms with E-state index in [4.69, 9.17) is 14.2 Å². The van der Waals surface area contributed by atoms with E-state index in [2.05, 4.69) is 18.5 Å². The quantitative estimate of drug-likeness (QED) is 0.289. The number of ether oxygens (including phenoxy) is 3. The summed E-state index contributed by atoms with van der Waals surface area (Å²) < 4.78 is 17.1. The van der Waals surface area contributed by atoms with Gasteiger partial charge in [-0.2, -0.15) is 0 Å². The Hall–Kier alpha value is -3.48. The molecule has 2 aromatic rings. The molecule has 0 bridgehead atoms. The fraction of sp³-hybridized carbons (Fsp3) is 0.484. The van der Waals surface area contributed by atoms with Crippen molar-refractivity contribution in [3.63, 3.8) is 0 Å². The van der Waals surface area contributed by atoms with Crippen molar-refractivity contribution in [3.8, 4) is 5.75 Å². The Morgan fingerprint density at radius 3 is 2.79 bits per heavy atom. The van der Waals surface area contributed by atoms with Crippen LogP contribution in [0, 0.1) is 22.7 Å². The Bertz CT molecular complexity index is 1330. The number of fused-ring (bicyclic) bond motifs is 2. The second kappa shape index (κ2) is 10.0. The van der Waals surface area contributed by atoms with Gasteiger partial charge in [0.2, 0.25) is 0 Å². The summed E-state index contributed by atoms with van der Waals surface area (Å²) in [6, 6.07) is 9.58. The van der Waals surface area contributed by atoms with Crippen molar-refractivity contribution in [2.45, 2.75) is 59.0 Å². The molecule has 2 saturated carbocycles. The number of hydrogen-bond donors (Lipinski definition) is 0. The maximum Gasteiger partial charge on any atom is 0.337 e. The number of cyclic esters (lactones) is 1. The summed E-state index contributed by atoms with van der Waals surface area (Å²) in [7, 11) is 0. The van der Waals surface area contributed by atoms with Crippen LogP contribution in [0.2, 0.25) is 0 Å². The second-order valence-corrected chi connectivity index (χ2v) is 11.4. The smallest absolute Gasteiger partial charge is 0.337 e. The maximum atomic E-state index is 13.1. The fourth-order valence-corrected chi connectivity index (χ4v) is 7.01. The van der Waals surface area contributed by atoms with Crippen LogP contribution in [0.5, 0.6) is 5.75 Å². The van der Waals surface area contributed by atoms with Crippen LogP contribution in [0.4, 0.5) is 0 Å². The average molecular weight is 518 g/mol. The minimum absolute atomic E-state index is 0.0498. The van der Waals surface area contributed by atoms with Crippen LogP contribution in [0.1, 0.15) is 52.9 Å².